The Morgan fingerprint density at radius 3 is 2.66 bits per heavy atom. The Hall–Kier alpha value is -2.26. The number of hydrogen-bond acceptors (Lipinski definition) is 2. The topological polar surface area (TPSA) is 12.5 Å². The van der Waals surface area contributed by atoms with Crippen molar-refractivity contribution in [3.05, 3.63) is 93.5 Å². The fraction of sp³-hybridized carbons (Fsp3) is 0.308. The van der Waals surface area contributed by atoms with Gasteiger partial charge in [-0.1, -0.05) is 84.4 Å². The van der Waals surface area contributed by atoms with Crippen LogP contribution in [0.25, 0.3) is 0 Å². The van der Waals surface area contributed by atoms with Crippen molar-refractivity contribution < 1.29 is 4.74 Å². The van der Waals surface area contributed by atoms with E-state index in [1.165, 1.54) is 32.4 Å². The van der Waals surface area contributed by atoms with Crippen LogP contribution >= 0.6 is 15.9 Å². The molecule has 2 aliphatic rings. The van der Waals surface area contributed by atoms with E-state index in [2.05, 4.69) is 101 Å². The SMILES string of the molecule is CC(C)C1=CC=C(Br)CC=C1Cc1ccc2c(c1)N(Cc1ccccc1)CCO2. The number of hydrogen-bond donors (Lipinski definition) is 0. The Morgan fingerprint density at radius 2 is 1.86 bits per heavy atom. The Kier molecular flexibility index (Phi) is 6.25. The van der Waals surface area contributed by atoms with Gasteiger partial charge < -0.3 is 9.64 Å². The van der Waals surface area contributed by atoms with Crippen LogP contribution in [0.4, 0.5) is 5.69 Å². The third-order valence-corrected chi connectivity index (χ3v) is 6.16. The van der Waals surface area contributed by atoms with E-state index < -0.39 is 0 Å². The van der Waals surface area contributed by atoms with E-state index in [0.717, 1.165) is 38.3 Å². The Bertz CT molecular complexity index is 956. The van der Waals surface area contributed by atoms with Crippen molar-refractivity contribution in [1.29, 1.82) is 0 Å². The average molecular weight is 450 g/mol. The van der Waals surface area contributed by atoms with Crippen LogP contribution in [0.1, 0.15) is 31.4 Å². The molecule has 0 saturated heterocycles. The van der Waals surface area contributed by atoms with E-state index in [1.54, 1.807) is 0 Å². The molecule has 0 aromatic heterocycles. The predicted molar refractivity (Wildman–Crippen MR) is 126 cm³/mol. The molecule has 0 saturated carbocycles. The number of allylic oxidation sites excluding steroid dienone is 6. The second kappa shape index (κ2) is 9.04. The molecule has 1 aliphatic carbocycles. The highest BCUT2D eigenvalue weighted by Crippen LogP contribution is 2.35. The Labute approximate surface area is 182 Å². The van der Waals surface area contributed by atoms with Crippen LogP contribution in [-0.2, 0) is 13.0 Å². The molecule has 0 bridgehead atoms. The standard InChI is InChI=1S/C26H28BrNO/c1-19(2)24-12-11-23(27)10-9-22(24)16-21-8-13-26-25(17-21)28(14-15-29-26)18-20-6-4-3-5-7-20/h3-9,11-13,17,19H,10,14-16,18H2,1-2H3. The maximum absolute atomic E-state index is 5.95. The molecule has 150 valence electrons. The fourth-order valence-electron chi connectivity index (χ4n) is 4.05. The zero-order valence-electron chi connectivity index (χ0n) is 17.2. The van der Waals surface area contributed by atoms with Crippen LogP contribution < -0.4 is 9.64 Å². The first kappa shape index (κ1) is 20.0. The maximum atomic E-state index is 5.95. The van der Waals surface area contributed by atoms with Gasteiger partial charge in [0.2, 0.25) is 0 Å². The molecular weight excluding hydrogens is 422 g/mol. The number of anilines is 1. The summed E-state index contributed by atoms with van der Waals surface area (Å²) < 4.78 is 7.18. The second-order valence-corrected chi connectivity index (χ2v) is 9.08. The van der Waals surface area contributed by atoms with Crippen molar-refractivity contribution >= 4 is 21.6 Å². The van der Waals surface area contributed by atoms with Crippen LogP contribution in [0.15, 0.2) is 82.4 Å². The largest absolute Gasteiger partial charge is 0.490 e. The number of rotatable bonds is 5. The van der Waals surface area contributed by atoms with Crippen LogP contribution in [0.5, 0.6) is 5.75 Å². The van der Waals surface area contributed by atoms with Gasteiger partial charge in [-0.2, -0.15) is 0 Å². The van der Waals surface area contributed by atoms with Gasteiger partial charge in [-0.25, -0.2) is 0 Å². The molecule has 1 heterocycles. The zero-order chi connectivity index (χ0) is 20.2. The van der Waals surface area contributed by atoms with E-state index in [1.807, 2.05) is 0 Å². The molecule has 0 spiro atoms. The van der Waals surface area contributed by atoms with E-state index in [-0.39, 0.29) is 0 Å². The number of ether oxygens (including phenoxy) is 1. The summed E-state index contributed by atoms with van der Waals surface area (Å²) in [5, 5.41) is 0. The zero-order valence-corrected chi connectivity index (χ0v) is 18.8. The third kappa shape index (κ3) is 4.84. The lowest BCUT2D eigenvalue weighted by Crippen LogP contribution is -2.32. The van der Waals surface area contributed by atoms with E-state index in [0.29, 0.717) is 5.92 Å². The van der Waals surface area contributed by atoms with Gasteiger partial charge >= 0.3 is 0 Å². The van der Waals surface area contributed by atoms with Crippen LogP contribution in [-0.4, -0.2) is 13.2 Å². The molecule has 2 aromatic carbocycles. The summed E-state index contributed by atoms with van der Waals surface area (Å²) in [6.07, 6.45) is 8.75. The lowest BCUT2D eigenvalue weighted by Gasteiger charge is -2.32. The molecular formula is C26H28BrNO. The second-order valence-electron chi connectivity index (χ2n) is 8.06. The average Bonchev–Trinajstić information content (AvgIpc) is 2.91. The Morgan fingerprint density at radius 1 is 1.03 bits per heavy atom. The molecule has 0 amide bonds. The van der Waals surface area contributed by atoms with E-state index >= 15 is 0 Å². The van der Waals surface area contributed by atoms with Crippen molar-refractivity contribution in [2.75, 3.05) is 18.1 Å². The van der Waals surface area contributed by atoms with Gasteiger partial charge in [-0.3, -0.25) is 0 Å². The minimum Gasteiger partial charge on any atom is -0.490 e. The van der Waals surface area contributed by atoms with E-state index in [4.69, 9.17) is 4.74 Å². The van der Waals surface area contributed by atoms with Crippen LogP contribution in [0, 0.1) is 5.92 Å². The quantitative estimate of drug-likeness (QED) is 0.496. The molecule has 2 aromatic rings. The number of benzene rings is 2. The summed E-state index contributed by atoms with van der Waals surface area (Å²) in [6, 6.07) is 17.4. The first-order valence-corrected chi connectivity index (χ1v) is 11.2. The van der Waals surface area contributed by atoms with Crippen molar-refractivity contribution in [2.45, 2.75) is 33.2 Å². The molecule has 29 heavy (non-hydrogen) atoms. The first-order valence-electron chi connectivity index (χ1n) is 10.4. The lowest BCUT2D eigenvalue weighted by molar-refractivity contribution is 0.307. The smallest absolute Gasteiger partial charge is 0.142 e. The van der Waals surface area contributed by atoms with Gasteiger partial charge in [0.25, 0.3) is 0 Å². The highest BCUT2D eigenvalue weighted by Gasteiger charge is 2.20. The summed E-state index contributed by atoms with van der Waals surface area (Å²) >= 11 is 3.67. The summed E-state index contributed by atoms with van der Waals surface area (Å²) in [5.41, 5.74) is 6.73. The van der Waals surface area contributed by atoms with Crippen LogP contribution in [0.3, 0.4) is 0 Å². The summed E-state index contributed by atoms with van der Waals surface area (Å²) in [4.78, 5) is 2.44. The molecule has 0 unspecified atom stereocenters. The first-order chi connectivity index (χ1) is 14.1. The number of nitrogens with zero attached hydrogens (tertiary/aromatic N) is 1. The number of halogens is 1. The maximum Gasteiger partial charge on any atom is 0.142 e. The monoisotopic (exact) mass is 449 g/mol. The fourth-order valence-corrected chi connectivity index (χ4v) is 4.34. The van der Waals surface area contributed by atoms with Crippen LogP contribution in [0.2, 0.25) is 0 Å². The molecule has 3 heteroatoms. The summed E-state index contributed by atoms with van der Waals surface area (Å²) in [6.45, 7) is 7.12. The van der Waals surface area contributed by atoms with Crippen molar-refractivity contribution in [3.8, 4) is 5.75 Å². The molecule has 2 nitrogen and oxygen atoms in total. The molecule has 0 fully saturated rings. The van der Waals surface area contributed by atoms with Crippen molar-refractivity contribution in [2.24, 2.45) is 5.92 Å². The van der Waals surface area contributed by atoms with Crippen molar-refractivity contribution in [3.63, 3.8) is 0 Å². The van der Waals surface area contributed by atoms with Gasteiger partial charge in [0.05, 0.1) is 12.2 Å². The van der Waals surface area contributed by atoms with Gasteiger partial charge in [0.1, 0.15) is 12.4 Å². The molecule has 0 N–H and O–H groups in total. The lowest BCUT2D eigenvalue weighted by atomic mass is 9.90. The van der Waals surface area contributed by atoms with Gasteiger partial charge in [0.15, 0.2) is 0 Å². The normalized spacial score (nSPS) is 16.4. The highest BCUT2D eigenvalue weighted by molar-refractivity contribution is 9.11. The minimum atomic E-state index is 0.506. The summed E-state index contributed by atoms with van der Waals surface area (Å²) in [5.74, 6) is 1.50. The highest BCUT2D eigenvalue weighted by atomic mass is 79.9. The molecule has 1 aliphatic heterocycles. The number of fused-ring (bicyclic) bond motifs is 1. The van der Waals surface area contributed by atoms with Gasteiger partial charge in [0, 0.05) is 6.54 Å². The minimum absolute atomic E-state index is 0.506. The van der Waals surface area contributed by atoms with E-state index in [9.17, 15) is 0 Å². The molecule has 0 radical (unpaired) electrons. The molecule has 0 atom stereocenters. The van der Waals surface area contributed by atoms with Crippen molar-refractivity contribution in [1.82, 2.24) is 0 Å². The predicted octanol–water partition coefficient (Wildman–Crippen LogP) is 6.82. The molecule has 4 rings (SSSR count). The Balaban J connectivity index is 1.59. The van der Waals surface area contributed by atoms with Gasteiger partial charge in [-0.15, -0.1) is 0 Å². The summed E-state index contributed by atoms with van der Waals surface area (Å²) in [7, 11) is 0. The van der Waals surface area contributed by atoms with Gasteiger partial charge in [-0.05, 0) is 57.6 Å². The third-order valence-electron chi connectivity index (χ3n) is 5.57.